The molecule has 0 aliphatic rings. The van der Waals surface area contributed by atoms with Crippen LogP contribution in [-0.4, -0.2) is 38.6 Å². The van der Waals surface area contributed by atoms with Crippen molar-refractivity contribution in [3.05, 3.63) is 24.3 Å². The third-order valence-corrected chi connectivity index (χ3v) is 6.00. The molecule has 3 nitrogen and oxygen atoms in total. The molecule has 5 heteroatoms. The molecule has 0 spiro atoms. The van der Waals surface area contributed by atoms with Crippen LogP contribution in [0.1, 0.15) is 0 Å². The molecule has 0 N–H and O–H groups in total. The van der Waals surface area contributed by atoms with Crippen LogP contribution in [0.5, 0.6) is 5.75 Å². The Labute approximate surface area is 123 Å². The average Bonchev–Trinajstić information content (AvgIpc) is 2.16. The Bertz CT molecular complexity index is 388. The van der Waals surface area contributed by atoms with Crippen LogP contribution < -0.4 is 33.1 Å². The van der Waals surface area contributed by atoms with Crippen LogP contribution >= 0.6 is 0 Å². The summed E-state index contributed by atoms with van der Waals surface area (Å²) in [7, 11) is 3.35. The number of rotatable bonds is 2. The van der Waals surface area contributed by atoms with E-state index in [-0.39, 0.29) is 30.1 Å². The minimum atomic E-state index is -1.68. The molecular weight excluding hydrogens is 392 g/mol. The van der Waals surface area contributed by atoms with Gasteiger partial charge in [0, 0.05) is 0 Å². The van der Waals surface area contributed by atoms with Crippen LogP contribution in [0.2, 0.25) is 17.1 Å². The molecule has 0 radical (unpaired) electrons. The third kappa shape index (κ3) is 5.30. The topological polar surface area (TPSA) is 29.5 Å². The van der Waals surface area contributed by atoms with Crippen molar-refractivity contribution >= 4 is 24.0 Å². The van der Waals surface area contributed by atoms with E-state index in [0.717, 1.165) is 0 Å². The molecule has 96 valence electrons. The number of halogens is 1. The molecule has 0 saturated heterocycles. The Balaban J connectivity index is 0.00000256. The summed E-state index contributed by atoms with van der Waals surface area (Å²) in [6.07, 6.45) is -0.336. The Morgan fingerprint density at radius 2 is 1.82 bits per heavy atom. The van der Waals surface area contributed by atoms with Crippen molar-refractivity contribution in [3.63, 3.8) is 0 Å². The molecule has 0 saturated carbocycles. The van der Waals surface area contributed by atoms with E-state index >= 15 is 0 Å². The zero-order valence-corrected chi connectivity index (χ0v) is 14.9. The number of hydrogen-bond acceptors (Lipinski definition) is 2. The average molecular weight is 411 g/mol. The SMILES string of the molecule is CN(C)C(=O)Oc1cccc([As+](C)(C)C)c1.[I-]. The van der Waals surface area contributed by atoms with Gasteiger partial charge in [0.25, 0.3) is 0 Å². The first-order valence-electron chi connectivity index (χ1n) is 5.12. The van der Waals surface area contributed by atoms with E-state index in [4.69, 9.17) is 4.74 Å². The number of hydrogen-bond donors (Lipinski definition) is 0. The first kappa shape index (κ1) is 16.8. The summed E-state index contributed by atoms with van der Waals surface area (Å²) in [4.78, 5) is 12.8. The van der Waals surface area contributed by atoms with Crippen LogP contribution in [0.15, 0.2) is 24.3 Å². The molecule has 1 amide bonds. The molecule has 17 heavy (non-hydrogen) atoms. The van der Waals surface area contributed by atoms with Crippen LogP contribution in [0.3, 0.4) is 0 Å². The van der Waals surface area contributed by atoms with Crippen molar-refractivity contribution in [2.45, 2.75) is 17.1 Å². The smallest absolute Gasteiger partial charge is 1.00 e. The number of carbonyl (C=O) groups excluding carboxylic acids is 1. The zero-order valence-electron chi connectivity index (χ0n) is 10.9. The minimum absolute atomic E-state index is 0. The standard InChI is InChI=1S/C12H19AsNO2.HI/c1-13(2,3)10-7-6-8-11(9-10)16-12(15)14(4)5;/h6-9H,1-5H3;1H/q+1;/p-1. The molecule has 1 aromatic carbocycles. The van der Waals surface area contributed by atoms with E-state index in [1.54, 1.807) is 14.1 Å². The molecule has 0 aliphatic carbocycles. The van der Waals surface area contributed by atoms with Crippen molar-refractivity contribution in [1.82, 2.24) is 4.90 Å². The predicted molar refractivity (Wildman–Crippen MR) is 69.1 cm³/mol. The van der Waals surface area contributed by atoms with Gasteiger partial charge < -0.3 is 24.0 Å². The largest absolute Gasteiger partial charge is 1.00 e. The van der Waals surface area contributed by atoms with Gasteiger partial charge in [-0.3, -0.25) is 0 Å². The number of nitrogens with zero attached hydrogens (tertiary/aromatic N) is 1. The Hall–Kier alpha value is -0.222. The van der Waals surface area contributed by atoms with Crippen molar-refractivity contribution in [1.29, 1.82) is 0 Å². The summed E-state index contributed by atoms with van der Waals surface area (Å²) in [5, 5.41) is 0. The van der Waals surface area contributed by atoms with Crippen molar-refractivity contribution in [2.24, 2.45) is 0 Å². The molecular formula is C12H19AsINO2. The normalized spacial score (nSPS) is 10.4. The van der Waals surface area contributed by atoms with E-state index in [9.17, 15) is 4.79 Å². The quantitative estimate of drug-likeness (QED) is 0.476. The van der Waals surface area contributed by atoms with E-state index in [1.807, 2.05) is 18.2 Å². The van der Waals surface area contributed by atoms with Gasteiger partial charge in [-0.05, 0) is 0 Å². The van der Waals surface area contributed by atoms with Gasteiger partial charge in [0.1, 0.15) is 0 Å². The van der Waals surface area contributed by atoms with Gasteiger partial charge in [-0.25, -0.2) is 0 Å². The summed E-state index contributed by atoms with van der Waals surface area (Å²) < 4.78 is 6.55. The Morgan fingerprint density at radius 1 is 1.24 bits per heavy atom. The fourth-order valence-corrected chi connectivity index (χ4v) is 3.35. The fourth-order valence-electron chi connectivity index (χ4n) is 1.16. The number of carbonyl (C=O) groups is 1. The van der Waals surface area contributed by atoms with Gasteiger partial charge in [0.2, 0.25) is 0 Å². The molecule has 0 aliphatic heterocycles. The van der Waals surface area contributed by atoms with E-state index in [2.05, 4.69) is 23.2 Å². The van der Waals surface area contributed by atoms with Gasteiger partial charge in [-0.2, -0.15) is 0 Å². The van der Waals surface area contributed by atoms with E-state index in [0.29, 0.717) is 5.75 Å². The maximum absolute atomic E-state index is 11.4. The zero-order chi connectivity index (χ0) is 12.3. The molecule has 1 rings (SSSR count). The molecule has 0 bridgehead atoms. The molecule has 0 unspecified atom stereocenters. The van der Waals surface area contributed by atoms with E-state index in [1.165, 1.54) is 9.25 Å². The molecule has 1 aromatic rings. The number of ether oxygens (including phenoxy) is 1. The summed E-state index contributed by atoms with van der Waals surface area (Å²) in [6.45, 7) is 0. The predicted octanol–water partition coefficient (Wildman–Crippen LogP) is -0.704. The van der Waals surface area contributed by atoms with Gasteiger partial charge in [0.05, 0.1) is 0 Å². The van der Waals surface area contributed by atoms with Crippen molar-refractivity contribution < 1.29 is 33.5 Å². The first-order valence-corrected chi connectivity index (χ1v) is 11.7. The van der Waals surface area contributed by atoms with Crippen LogP contribution in [0, 0.1) is 0 Å². The van der Waals surface area contributed by atoms with E-state index < -0.39 is 13.6 Å². The summed E-state index contributed by atoms with van der Waals surface area (Å²) >= 11 is -1.68. The van der Waals surface area contributed by atoms with Crippen molar-refractivity contribution in [2.75, 3.05) is 14.1 Å². The van der Waals surface area contributed by atoms with Gasteiger partial charge >= 0.3 is 99.7 Å². The second-order valence-electron chi connectivity index (χ2n) is 4.77. The van der Waals surface area contributed by atoms with Gasteiger partial charge in [-0.15, -0.1) is 0 Å². The van der Waals surface area contributed by atoms with Crippen molar-refractivity contribution in [3.8, 4) is 5.75 Å². The third-order valence-electron chi connectivity index (χ3n) is 2.16. The second-order valence-corrected chi connectivity index (χ2v) is 14.3. The summed E-state index contributed by atoms with van der Waals surface area (Å²) in [5.41, 5.74) is 6.89. The number of benzene rings is 1. The number of amides is 1. The van der Waals surface area contributed by atoms with Gasteiger partial charge in [-0.1, -0.05) is 0 Å². The maximum atomic E-state index is 11.4. The van der Waals surface area contributed by atoms with Crippen LogP contribution in [0.4, 0.5) is 4.79 Å². The molecule has 0 heterocycles. The Kier molecular flexibility index (Phi) is 6.56. The summed E-state index contributed by atoms with van der Waals surface area (Å²) in [5.74, 6) is 0.632. The molecule has 0 atom stereocenters. The van der Waals surface area contributed by atoms with Crippen LogP contribution in [0.25, 0.3) is 0 Å². The first-order chi connectivity index (χ1) is 7.30. The van der Waals surface area contributed by atoms with Crippen LogP contribution in [-0.2, 0) is 0 Å². The summed E-state index contributed by atoms with van der Waals surface area (Å²) in [6, 6.07) is 7.85. The fraction of sp³-hybridized carbons (Fsp3) is 0.417. The second kappa shape index (κ2) is 6.64. The maximum Gasteiger partial charge on any atom is -1.00 e. The monoisotopic (exact) mass is 411 g/mol. The Morgan fingerprint density at radius 3 is 2.29 bits per heavy atom. The molecule has 0 aromatic heterocycles. The minimum Gasteiger partial charge on any atom is -1.00 e. The molecule has 0 fully saturated rings. The van der Waals surface area contributed by atoms with Gasteiger partial charge in [0.15, 0.2) is 0 Å².